The van der Waals surface area contributed by atoms with Crippen LogP contribution in [0.3, 0.4) is 0 Å². The van der Waals surface area contributed by atoms with Crippen LogP contribution in [0.1, 0.15) is 44.5 Å². The van der Waals surface area contributed by atoms with E-state index >= 15 is 0 Å². The number of benzene rings is 1. The van der Waals surface area contributed by atoms with Crippen molar-refractivity contribution in [2.75, 3.05) is 6.61 Å². The smallest absolute Gasteiger partial charge is 0.238 e. The van der Waals surface area contributed by atoms with E-state index < -0.39 is 37.4 Å². The van der Waals surface area contributed by atoms with Crippen LogP contribution in [0.15, 0.2) is 24.3 Å². The van der Waals surface area contributed by atoms with Crippen LogP contribution < -0.4 is 4.74 Å². The number of aliphatic hydroxyl groups is 3. The maximum Gasteiger partial charge on any atom is 0.238 e. The molecule has 5 unspecified atom stereocenters. The number of alkyl halides is 1. The van der Waals surface area contributed by atoms with Crippen molar-refractivity contribution in [2.45, 2.75) is 71.8 Å². The Hall–Kier alpha value is -2.07. The molecule has 7 nitrogen and oxygen atoms in total. The van der Waals surface area contributed by atoms with Crippen LogP contribution in [-0.4, -0.2) is 62.9 Å². The fraction of sp³-hybridized carbons (Fsp3) is 0.571. The highest BCUT2D eigenvalue weighted by atomic mass is 19.1. The normalized spacial score (nSPS) is 25.5. The maximum absolute atomic E-state index is 13.9. The summed E-state index contributed by atoms with van der Waals surface area (Å²) in [6, 6.07) is 6.24. The summed E-state index contributed by atoms with van der Waals surface area (Å²) in [4.78, 5) is 0. The van der Waals surface area contributed by atoms with Crippen LogP contribution in [0.4, 0.5) is 8.78 Å². The van der Waals surface area contributed by atoms with E-state index in [0.717, 1.165) is 0 Å². The van der Waals surface area contributed by atoms with Gasteiger partial charge in [-0.2, -0.15) is 0 Å². The fourth-order valence-corrected chi connectivity index (χ4v) is 2.82. The van der Waals surface area contributed by atoms with Crippen molar-refractivity contribution >= 4 is 0 Å². The second-order valence-corrected chi connectivity index (χ2v) is 6.17. The number of nitrogens with zero attached hydrogens (tertiary/aromatic N) is 1. The highest BCUT2D eigenvalue weighted by Gasteiger charge is 2.46. The van der Waals surface area contributed by atoms with Gasteiger partial charge in [0, 0.05) is 17.7 Å². The number of halogens is 2. The van der Waals surface area contributed by atoms with Gasteiger partial charge in [0.15, 0.2) is 6.17 Å². The third-order valence-corrected chi connectivity index (χ3v) is 4.39. The molecule has 1 aliphatic rings. The van der Waals surface area contributed by atoms with Crippen molar-refractivity contribution in [1.82, 2.24) is 10.2 Å². The van der Waals surface area contributed by atoms with Crippen LogP contribution in [0, 0.1) is 12.7 Å². The van der Waals surface area contributed by atoms with Crippen molar-refractivity contribution in [1.29, 1.82) is 0 Å². The average molecular weight is 430 g/mol. The molecule has 1 fully saturated rings. The van der Waals surface area contributed by atoms with E-state index in [1.807, 2.05) is 27.7 Å². The molecule has 5 atom stereocenters. The Balaban J connectivity index is 0.00000106. The van der Waals surface area contributed by atoms with Crippen molar-refractivity contribution in [3.05, 3.63) is 46.9 Å². The first-order valence-corrected chi connectivity index (χ1v) is 10.1. The van der Waals surface area contributed by atoms with Crippen molar-refractivity contribution in [3.8, 4) is 5.88 Å². The first-order valence-electron chi connectivity index (χ1n) is 10.1. The number of aryl methyl sites for hydroxylation is 1. The van der Waals surface area contributed by atoms with Crippen molar-refractivity contribution in [2.24, 2.45) is 0 Å². The minimum Gasteiger partial charge on any atom is -0.443 e. The van der Waals surface area contributed by atoms with Gasteiger partial charge in [-0.25, -0.2) is 8.78 Å². The zero-order chi connectivity index (χ0) is 22.8. The summed E-state index contributed by atoms with van der Waals surface area (Å²) >= 11 is 0. The van der Waals surface area contributed by atoms with Gasteiger partial charge in [-0.1, -0.05) is 45.9 Å². The molecule has 0 bridgehead atoms. The first-order chi connectivity index (χ1) is 14.4. The minimum absolute atomic E-state index is 0.0380. The largest absolute Gasteiger partial charge is 0.443 e. The van der Waals surface area contributed by atoms with Gasteiger partial charge in [-0.15, -0.1) is 5.10 Å². The lowest BCUT2D eigenvalue weighted by molar-refractivity contribution is -0.265. The van der Waals surface area contributed by atoms with Gasteiger partial charge in [0.25, 0.3) is 0 Å². The first kappa shape index (κ1) is 26.0. The predicted molar refractivity (Wildman–Crippen MR) is 109 cm³/mol. The second kappa shape index (κ2) is 12.6. The maximum atomic E-state index is 13.9. The van der Waals surface area contributed by atoms with Gasteiger partial charge in [-0.05, 0) is 18.6 Å². The molecule has 0 saturated carbocycles. The van der Waals surface area contributed by atoms with Crippen molar-refractivity contribution < 1.29 is 33.6 Å². The summed E-state index contributed by atoms with van der Waals surface area (Å²) in [6.45, 7) is 9.03. The molecule has 0 spiro atoms. The van der Waals surface area contributed by atoms with E-state index in [4.69, 9.17) is 14.6 Å². The number of aromatic nitrogens is 2. The van der Waals surface area contributed by atoms with Crippen LogP contribution in [0.25, 0.3) is 0 Å². The zero-order valence-electron chi connectivity index (χ0n) is 18.0. The van der Waals surface area contributed by atoms with Crippen LogP contribution >= 0.6 is 0 Å². The monoisotopic (exact) mass is 430 g/mol. The average Bonchev–Trinajstić information content (AvgIpc) is 3.12. The second-order valence-electron chi connectivity index (χ2n) is 6.17. The molecule has 2 heterocycles. The Morgan fingerprint density at radius 1 is 1.13 bits per heavy atom. The van der Waals surface area contributed by atoms with Crippen molar-refractivity contribution in [3.63, 3.8) is 0 Å². The molecule has 1 aromatic heterocycles. The van der Waals surface area contributed by atoms with E-state index in [-0.39, 0.29) is 18.1 Å². The number of hydrogen-bond acceptors (Lipinski definition) is 6. The summed E-state index contributed by atoms with van der Waals surface area (Å²) in [5.74, 6) is -0.347. The minimum atomic E-state index is -1.95. The molecule has 1 aliphatic heterocycles. The topological polar surface area (TPSA) is 108 Å². The van der Waals surface area contributed by atoms with Gasteiger partial charge in [-0.3, -0.25) is 5.10 Å². The third-order valence-electron chi connectivity index (χ3n) is 4.39. The summed E-state index contributed by atoms with van der Waals surface area (Å²) in [7, 11) is 0. The van der Waals surface area contributed by atoms with Gasteiger partial charge in [0.1, 0.15) is 24.1 Å². The number of ether oxygens (including phenoxy) is 2. The number of hydrogen-bond donors (Lipinski definition) is 4. The Morgan fingerprint density at radius 2 is 1.77 bits per heavy atom. The van der Waals surface area contributed by atoms with E-state index in [0.29, 0.717) is 16.8 Å². The lowest BCUT2D eigenvalue weighted by Crippen LogP contribution is -2.58. The molecule has 170 valence electrons. The van der Waals surface area contributed by atoms with Crippen LogP contribution in [-0.2, 0) is 11.2 Å². The zero-order valence-corrected chi connectivity index (χ0v) is 18.0. The highest BCUT2D eigenvalue weighted by Crippen LogP contribution is 2.29. The third kappa shape index (κ3) is 5.98. The summed E-state index contributed by atoms with van der Waals surface area (Å²) < 4.78 is 38.4. The number of nitrogens with one attached hydrogen (secondary N) is 1. The molecule has 30 heavy (non-hydrogen) atoms. The molecule has 0 aliphatic carbocycles. The predicted octanol–water partition coefficient (Wildman–Crippen LogP) is 2.66. The number of H-pyrrole nitrogens is 1. The molecule has 2 aromatic rings. The van der Waals surface area contributed by atoms with Crippen LogP contribution in [0.5, 0.6) is 5.88 Å². The molecule has 9 heteroatoms. The standard InChI is InChI=1S/C17H20F2N2O5.2C2H6/c1-8-10(6-9-4-2-3-5-11(9)18)16(21-20-8)26-17-15(24)14(23)13(19)12(7-22)25-17;2*1-2/h2-5,12-15,17,22-24H,6-7H2,1H3,(H,20,21);2*1-2H3. The molecule has 0 radical (unpaired) electrons. The number of rotatable bonds is 5. The van der Waals surface area contributed by atoms with Gasteiger partial charge in [0.05, 0.1) is 6.61 Å². The molecule has 3 rings (SSSR count). The quantitative estimate of drug-likeness (QED) is 0.581. The van der Waals surface area contributed by atoms with E-state index in [2.05, 4.69) is 10.2 Å². The number of aliphatic hydroxyl groups excluding tert-OH is 3. The summed E-state index contributed by atoms with van der Waals surface area (Å²) in [5.41, 5.74) is 1.57. The SMILES string of the molecule is CC.CC.Cc1[nH]nc(OC2OC(CO)C(F)C(O)C2O)c1Cc1ccccc1F. The Labute approximate surface area is 175 Å². The molecular weight excluding hydrogens is 398 g/mol. The van der Waals surface area contributed by atoms with Gasteiger partial charge < -0.3 is 24.8 Å². The molecule has 4 N–H and O–H groups in total. The lowest BCUT2D eigenvalue weighted by Gasteiger charge is -2.38. The van der Waals surface area contributed by atoms with E-state index in [1.54, 1.807) is 25.1 Å². The van der Waals surface area contributed by atoms with Gasteiger partial charge >= 0.3 is 0 Å². The summed E-state index contributed by atoms with van der Waals surface area (Å²) in [5, 5.41) is 35.6. The van der Waals surface area contributed by atoms with Crippen LogP contribution in [0.2, 0.25) is 0 Å². The summed E-state index contributed by atoms with van der Waals surface area (Å²) in [6.07, 6.45) is -8.00. The molecule has 1 saturated heterocycles. The lowest BCUT2D eigenvalue weighted by atomic mass is 10.0. The molecular formula is C21H32F2N2O5. The fourth-order valence-electron chi connectivity index (χ4n) is 2.82. The Kier molecular flexibility index (Phi) is 10.9. The van der Waals surface area contributed by atoms with E-state index in [9.17, 15) is 19.0 Å². The number of aromatic amines is 1. The van der Waals surface area contributed by atoms with E-state index in [1.165, 1.54) is 6.07 Å². The Morgan fingerprint density at radius 3 is 2.37 bits per heavy atom. The van der Waals surface area contributed by atoms with Gasteiger partial charge in [0.2, 0.25) is 12.2 Å². The highest BCUT2D eigenvalue weighted by molar-refractivity contribution is 5.36. The molecule has 1 aromatic carbocycles. The Bertz CT molecular complexity index is 757. The molecule has 0 amide bonds.